The van der Waals surface area contributed by atoms with Crippen molar-refractivity contribution >= 4 is 34.4 Å². The number of hydrogen-bond acceptors (Lipinski definition) is 3. The molecule has 0 saturated heterocycles. The van der Waals surface area contributed by atoms with Crippen LogP contribution < -0.4 is 0 Å². The van der Waals surface area contributed by atoms with E-state index in [2.05, 4.69) is 4.98 Å². The van der Waals surface area contributed by atoms with E-state index in [1.54, 1.807) is 0 Å². The van der Waals surface area contributed by atoms with Gasteiger partial charge in [-0.25, -0.2) is 14.6 Å². The van der Waals surface area contributed by atoms with Crippen molar-refractivity contribution in [2.75, 3.05) is 0 Å². The SMILES string of the molecule is O=C(O)c1cccc(C(=O)O)c1CCc1cc2ccccc2nc1Cl. The minimum atomic E-state index is -1.15. The molecule has 0 aliphatic carbocycles. The quantitative estimate of drug-likeness (QED) is 0.673. The maximum Gasteiger partial charge on any atom is 0.335 e. The average Bonchev–Trinajstić information content (AvgIpc) is 2.59. The number of nitrogens with zero attached hydrogens (tertiary/aromatic N) is 1. The summed E-state index contributed by atoms with van der Waals surface area (Å²) in [5.74, 6) is -2.30. The summed E-state index contributed by atoms with van der Waals surface area (Å²) in [5, 5.41) is 19.9. The molecule has 0 spiro atoms. The van der Waals surface area contributed by atoms with Gasteiger partial charge in [-0.3, -0.25) is 0 Å². The highest BCUT2D eigenvalue weighted by molar-refractivity contribution is 6.30. The van der Waals surface area contributed by atoms with Gasteiger partial charge in [0.15, 0.2) is 0 Å². The molecule has 126 valence electrons. The third-order valence-corrected chi connectivity index (χ3v) is 4.36. The Balaban J connectivity index is 1.98. The normalized spacial score (nSPS) is 10.8. The Bertz CT molecular complexity index is 952. The van der Waals surface area contributed by atoms with Crippen LogP contribution in [-0.4, -0.2) is 27.1 Å². The summed E-state index contributed by atoms with van der Waals surface area (Å²) in [6.45, 7) is 0. The van der Waals surface area contributed by atoms with Gasteiger partial charge in [0, 0.05) is 5.39 Å². The summed E-state index contributed by atoms with van der Waals surface area (Å²) in [5.41, 5.74) is 1.78. The standard InChI is InChI=1S/C19H14ClNO4/c20-17-12(10-11-4-1-2-7-16(11)21-17)8-9-13-14(18(22)23)5-3-6-15(13)19(24)25/h1-7,10H,8-9H2,(H,22,23)(H,24,25). The Morgan fingerprint density at radius 1 is 0.920 bits per heavy atom. The molecule has 0 bridgehead atoms. The number of aromatic carboxylic acids is 2. The van der Waals surface area contributed by atoms with Gasteiger partial charge in [-0.15, -0.1) is 0 Å². The van der Waals surface area contributed by atoms with E-state index in [1.807, 2.05) is 30.3 Å². The second-order valence-corrected chi connectivity index (χ2v) is 5.93. The lowest BCUT2D eigenvalue weighted by Gasteiger charge is -2.11. The van der Waals surface area contributed by atoms with Crippen LogP contribution in [0.1, 0.15) is 31.8 Å². The van der Waals surface area contributed by atoms with Crippen molar-refractivity contribution < 1.29 is 19.8 Å². The van der Waals surface area contributed by atoms with E-state index < -0.39 is 11.9 Å². The predicted molar refractivity (Wildman–Crippen MR) is 94.5 cm³/mol. The largest absolute Gasteiger partial charge is 0.478 e. The number of carboxylic acids is 2. The van der Waals surface area contributed by atoms with Gasteiger partial charge in [0.25, 0.3) is 0 Å². The third-order valence-electron chi connectivity index (χ3n) is 4.03. The van der Waals surface area contributed by atoms with Gasteiger partial charge in [0.2, 0.25) is 0 Å². The molecular weight excluding hydrogens is 342 g/mol. The van der Waals surface area contributed by atoms with Gasteiger partial charge in [-0.2, -0.15) is 0 Å². The first kappa shape index (κ1) is 16.9. The van der Waals surface area contributed by atoms with Crippen LogP contribution in [0.3, 0.4) is 0 Å². The number of para-hydroxylation sites is 1. The van der Waals surface area contributed by atoms with E-state index >= 15 is 0 Å². The summed E-state index contributed by atoms with van der Waals surface area (Å²) in [6.07, 6.45) is 0.630. The molecule has 0 unspecified atom stereocenters. The molecule has 5 nitrogen and oxygen atoms in total. The lowest BCUT2D eigenvalue weighted by Crippen LogP contribution is -2.11. The summed E-state index contributed by atoms with van der Waals surface area (Å²) in [6, 6.07) is 13.7. The number of pyridine rings is 1. The summed E-state index contributed by atoms with van der Waals surface area (Å²) < 4.78 is 0. The van der Waals surface area contributed by atoms with E-state index in [0.717, 1.165) is 16.5 Å². The maximum atomic E-state index is 11.4. The topological polar surface area (TPSA) is 87.5 Å². The van der Waals surface area contributed by atoms with Gasteiger partial charge in [0.05, 0.1) is 16.6 Å². The third kappa shape index (κ3) is 3.46. The molecule has 25 heavy (non-hydrogen) atoms. The van der Waals surface area contributed by atoms with Gasteiger partial charge < -0.3 is 10.2 Å². The minimum Gasteiger partial charge on any atom is -0.478 e. The van der Waals surface area contributed by atoms with Gasteiger partial charge in [-0.05, 0) is 48.2 Å². The summed E-state index contributed by atoms with van der Waals surface area (Å²) in [7, 11) is 0. The predicted octanol–water partition coefficient (Wildman–Crippen LogP) is 4.07. The first-order chi connectivity index (χ1) is 12.0. The van der Waals surface area contributed by atoms with E-state index in [0.29, 0.717) is 11.6 Å². The highest BCUT2D eigenvalue weighted by Crippen LogP contribution is 2.24. The Labute approximate surface area is 148 Å². The number of aromatic nitrogens is 1. The molecule has 3 aromatic rings. The fourth-order valence-electron chi connectivity index (χ4n) is 2.83. The molecule has 0 saturated carbocycles. The molecular formula is C19H14ClNO4. The van der Waals surface area contributed by atoms with Gasteiger partial charge in [-0.1, -0.05) is 35.9 Å². The Morgan fingerprint density at radius 3 is 2.20 bits per heavy atom. The number of halogens is 1. The van der Waals surface area contributed by atoms with Crippen molar-refractivity contribution in [3.05, 3.63) is 75.9 Å². The summed E-state index contributed by atoms with van der Waals surface area (Å²) >= 11 is 6.23. The monoisotopic (exact) mass is 355 g/mol. The fourth-order valence-corrected chi connectivity index (χ4v) is 3.07. The molecule has 0 radical (unpaired) electrons. The maximum absolute atomic E-state index is 11.4. The smallest absolute Gasteiger partial charge is 0.335 e. The Kier molecular flexibility index (Phi) is 4.67. The van der Waals surface area contributed by atoms with E-state index in [9.17, 15) is 19.8 Å². The minimum absolute atomic E-state index is 0.00947. The molecule has 2 aromatic carbocycles. The van der Waals surface area contributed by atoms with Crippen molar-refractivity contribution in [3.8, 4) is 0 Å². The molecule has 6 heteroatoms. The number of carboxylic acid groups (broad SMARTS) is 2. The van der Waals surface area contributed by atoms with E-state index in [1.165, 1.54) is 18.2 Å². The van der Waals surface area contributed by atoms with E-state index in [4.69, 9.17) is 11.6 Å². The zero-order chi connectivity index (χ0) is 18.0. The van der Waals surface area contributed by atoms with Crippen molar-refractivity contribution in [1.82, 2.24) is 4.98 Å². The van der Waals surface area contributed by atoms with Crippen molar-refractivity contribution in [3.63, 3.8) is 0 Å². The van der Waals surface area contributed by atoms with Crippen LogP contribution in [0.5, 0.6) is 0 Å². The number of aryl methyl sites for hydroxylation is 1. The molecule has 0 atom stereocenters. The first-order valence-electron chi connectivity index (χ1n) is 7.60. The second-order valence-electron chi connectivity index (χ2n) is 5.57. The van der Waals surface area contributed by atoms with Crippen LogP contribution in [0.4, 0.5) is 0 Å². The van der Waals surface area contributed by atoms with E-state index in [-0.39, 0.29) is 23.1 Å². The Hall–Kier alpha value is -2.92. The first-order valence-corrected chi connectivity index (χ1v) is 7.98. The van der Waals surface area contributed by atoms with Gasteiger partial charge in [0.1, 0.15) is 5.15 Å². The van der Waals surface area contributed by atoms with Crippen LogP contribution in [0, 0.1) is 0 Å². The molecule has 3 rings (SSSR count). The molecule has 0 fully saturated rings. The zero-order valence-corrected chi connectivity index (χ0v) is 13.8. The second kappa shape index (κ2) is 6.91. The summed E-state index contributed by atoms with van der Waals surface area (Å²) in [4.78, 5) is 27.2. The highest BCUT2D eigenvalue weighted by atomic mass is 35.5. The fraction of sp³-hybridized carbons (Fsp3) is 0.105. The molecule has 1 aromatic heterocycles. The lowest BCUT2D eigenvalue weighted by molar-refractivity contribution is 0.0695. The molecule has 0 amide bonds. The molecule has 2 N–H and O–H groups in total. The van der Waals surface area contributed by atoms with Crippen LogP contribution >= 0.6 is 11.6 Å². The lowest BCUT2D eigenvalue weighted by atomic mass is 9.95. The zero-order valence-electron chi connectivity index (χ0n) is 13.1. The number of hydrogen-bond donors (Lipinski definition) is 2. The van der Waals surface area contributed by atoms with Crippen molar-refractivity contribution in [2.45, 2.75) is 12.8 Å². The van der Waals surface area contributed by atoms with Crippen LogP contribution in [-0.2, 0) is 12.8 Å². The van der Waals surface area contributed by atoms with Crippen molar-refractivity contribution in [1.29, 1.82) is 0 Å². The molecule has 1 heterocycles. The Morgan fingerprint density at radius 2 is 1.56 bits per heavy atom. The number of benzene rings is 2. The van der Waals surface area contributed by atoms with Crippen LogP contribution in [0.15, 0.2) is 48.5 Å². The van der Waals surface area contributed by atoms with Crippen LogP contribution in [0.25, 0.3) is 10.9 Å². The molecule has 0 aliphatic heterocycles. The number of rotatable bonds is 5. The van der Waals surface area contributed by atoms with Crippen molar-refractivity contribution in [2.24, 2.45) is 0 Å². The molecule has 0 aliphatic rings. The average molecular weight is 356 g/mol. The number of carbonyl (C=O) groups is 2. The van der Waals surface area contributed by atoms with Gasteiger partial charge >= 0.3 is 11.9 Å². The number of fused-ring (bicyclic) bond motifs is 1. The van der Waals surface area contributed by atoms with Crippen LogP contribution in [0.2, 0.25) is 5.15 Å². The highest BCUT2D eigenvalue weighted by Gasteiger charge is 2.18.